The molecule has 0 amide bonds. The predicted molar refractivity (Wildman–Crippen MR) is 48.9 cm³/mol. The van der Waals surface area contributed by atoms with Crippen LogP contribution in [0, 0.1) is 5.21 Å². The van der Waals surface area contributed by atoms with Gasteiger partial charge >= 0.3 is 0 Å². The Morgan fingerprint density at radius 2 is 2.31 bits per heavy atom. The number of hydroxylamine groups is 2. The predicted octanol–water partition coefficient (Wildman–Crippen LogP) is -0.195. The van der Waals surface area contributed by atoms with E-state index in [-0.39, 0.29) is 17.3 Å². The van der Waals surface area contributed by atoms with Crippen LogP contribution in [0.3, 0.4) is 0 Å². The summed E-state index contributed by atoms with van der Waals surface area (Å²) in [6, 6.07) is 0. The Morgan fingerprint density at radius 3 is 2.77 bits per heavy atom. The van der Waals surface area contributed by atoms with Gasteiger partial charge in [0, 0.05) is 28.3 Å². The molecule has 0 aromatic carbocycles. The van der Waals surface area contributed by atoms with Crippen LogP contribution < -0.4 is 5.06 Å². The topological polar surface area (TPSA) is 56.9 Å². The number of hydrogen-bond donors (Lipinski definition) is 1. The molecule has 0 fully saturated rings. The molecule has 0 bridgehead atoms. The van der Waals surface area contributed by atoms with E-state index in [0.717, 1.165) is 12.3 Å². The van der Waals surface area contributed by atoms with E-state index in [1.165, 1.54) is 12.5 Å². The molecular formula is C7H11FN2O2S. The fourth-order valence-corrected chi connectivity index (χ4v) is 1.66. The first kappa shape index (κ1) is 10.4. The van der Waals surface area contributed by atoms with Crippen molar-refractivity contribution >= 4 is 9.73 Å². The van der Waals surface area contributed by atoms with Gasteiger partial charge in [-0.25, -0.2) is 8.60 Å². The van der Waals surface area contributed by atoms with Gasteiger partial charge in [-0.3, -0.25) is 0 Å². The fourth-order valence-electron chi connectivity index (χ4n) is 0.976. The first-order valence-corrected chi connectivity index (χ1v) is 5.98. The van der Waals surface area contributed by atoms with Crippen molar-refractivity contribution in [1.82, 2.24) is 0 Å². The maximum Gasteiger partial charge on any atom is 0.178 e. The highest BCUT2D eigenvalue weighted by Gasteiger charge is 2.10. The van der Waals surface area contributed by atoms with Crippen molar-refractivity contribution in [2.24, 2.45) is 4.36 Å². The summed E-state index contributed by atoms with van der Waals surface area (Å²) in [5, 5.41) is 10.5. The van der Waals surface area contributed by atoms with Gasteiger partial charge in [-0.05, 0) is 0 Å². The average molecular weight is 206 g/mol. The normalized spacial score (nSPS) is 23.5. The van der Waals surface area contributed by atoms with Crippen LogP contribution in [0.5, 0.6) is 0 Å². The van der Waals surface area contributed by atoms with Crippen LogP contribution in [-0.4, -0.2) is 23.3 Å². The summed E-state index contributed by atoms with van der Waals surface area (Å²) in [5.41, 5.74) is 0.250. The minimum absolute atomic E-state index is 0.0338. The lowest BCUT2D eigenvalue weighted by Gasteiger charge is -2.20. The van der Waals surface area contributed by atoms with Crippen molar-refractivity contribution < 1.29 is 13.7 Å². The second kappa shape index (κ2) is 3.57. The van der Waals surface area contributed by atoms with E-state index >= 15 is 0 Å². The zero-order valence-electron chi connectivity index (χ0n) is 7.41. The monoisotopic (exact) mass is 206 g/mol. The SMILES string of the molecule is CS(C)(=O)=NC1=CC(F)=C[NH+]([O-])C1. The van der Waals surface area contributed by atoms with Gasteiger partial charge in [-0.1, -0.05) is 0 Å². The highest BCUT2D eigenvalue weighted by molar-refractivity contribution is 7.92. The smallest absolute Gasteiger partial charge is 0.178 e. The standard InChI is InChI=1S/C7H11FN2O2S/c1-13(2,12)9-7-3-6(8)4-10(11)5-7/h3-4,10H,5H2,1-2H3. The van der Waals surface area contributed by atoms with Gasteiger partial charge in [0.2, 0.25) is 0 Å². The number of allylic oxidation sites excluding steroid dienone is 2. The zero-order valence-corrected chi connectivity index (χ0v) is 8.23. The second-order valence-electron chi connectivity index (χ2n) is 3.08. The Kier molecular flexibility index (Phi) is 2.84. The Labute approximate surface area is 76.5 Å². The summed E-state index contributed by atoms with van der Waals surface area (Å²) in [4.78, 5) is 0. The van der Waals surface area contributed by atoms with E-state index in [2.05, 4.69) is 4.36 Å². The molecule has 74 valence electrons. The third-order valence-electron chi connectivity index (χ3n) is 1.30. The summed E-state index contributed by atoms with van der Waals surface area (Å²) >= 11 is 0. The first-order valence-electron chi connectivity index (χ1n) is 3.64. The molecule has 0 radical (unpaired) electrons. The van der Waals surface area contributed by atoms with E-state index in [1.807, 2.05) is 0 Å². The van der Waals surface area contributed by atoms with Crippen molar-refractivity contribution in [3.8, 4) is 0 Å². The minimum Gasteiger partial charge on any atom is -0.629 e. The third-order valence-corrected chi connectivity index (χ3v) is 1.97. The molecule has 0 saturated carbocycles. The van der Waals surface area contributed by atoms with Gasteiger partial charge in [0.1, 0.15) is 18.4 Å². The quantitative estimate of drug-likeness (QED) is 0.604. The fraction of sp³-hybridized carbons (Fsp3) is 0.429. The lowest BCUT2D eigenvalue weighted by molar-refractivity contribution is -0.787. The van der Waals surface area contributed by atoms with E-state index in [9.17, 15) is 13.8 Å². The molecule has 6 heteroatoms. The Morgan fingerprint density at radius 1 is 1.69 bits per heavy atom. The van der Waals surface area contributed by atoms with Crippen LogP contribution in [0.25, 0.3) is 0 Å². The van der Waals surface area contributed by atoms with E-state index < -0.39 is 15.6 Å². The summed E-state index contributed by atoms with van der Waals surface area (Å²) in [6.45, 7) is 0.0338. The van der Waals surface area contributed by atoms with Gasteiger partial charge in [-0.15, -0.1) is 0 Å². The molecule has 1 rings (SSSR count). The third kappa shape index (κ3) is 3.67. The van der Waals surface area contributed by atoms with Gasteiger partial charge in [0.15, 0.2) is 5.83 Å². The molecule has 4 nitrogen and oxygen atoms in total. The van der Waals surface area contributed by atoms with E-state index in [1.54, 1.807) is 0 Å². The molecule has 0 aromatic rings. The Balaban J connectivity index is 2.97. The molecule has 1 aliphatic heterocycles. The minimum atomic E-state index is -2.31. The molecule has 0 aromatic heterocycles. The average Bonchev–Trinajstić information content (AvgIpc) is 1.78. The van der Waals surface area contributed by atoms with Crippen LogP contribution in [0.1, 0.15) is 0 Å². The molecule has 1 atom stereocenters. The zero-order chi connectivity index (χ0) is 10.1. The van der Waals surface area contributed by atoms with Gasteiger partial charge in [0.25, 0.3) is 0 Å². The van der Waals surface area contributed by atoms with Gasteiger partial charge in [-0.2, -0.15) is 4.36 Å². The molecule has 1 N–H and O–H groups in total. The maximum atomic E-state index is 12.7. The lowest BCUT2D eigenvalue weighted by atomic mass is 10.3. The highest BCUT2D eigenvalue weighted by atomic mass is 32.2. The Hall–Kier alpha value is -0.720. The summed E-state index contributed by atoms with van der Waals surface area (Å²) in [7, 11) is -2.31. The molecule has 1 heterocycles. The maximum absolute atomic E-state index is 12.7. The number of halogens is 1. The molecule has 1 unspecified atom stereocenters. The number of nitrogens with one attached hydrogen (secondary N) is 1. The van der Waals surface area contributed by atoms with Gasteiger partial charge < -0.3 is 10.3 Å². The number of quaternary nitrogens is 1. The molecule has 0 spiro atoms. The number of hydrogen-bond acceptors (Lipinski definition) is 3. The van der Waals surface area contributed by atoms with Crippen LogP contribution in [0.15, 0.2) is 28.2 Å². The molecule has 0 saturated heterocycles. The van der Waals surface area contributed by atoms with Crippen molar-refractivity contribution in [1.29, 1.82) is 0 Å². The summed E-state index contributed by atoms with van der Waals surface area (Å²) in [5.74, 6) is -0.626. The van der Waals surface area contributed by atoms with Crippen molar-refractivity contribution in [3.05, 3.63) is 29.0 Å². The van der Waals surface area contributed by atoms with Crippen molar-refractivity contribution in [2.45, 2.75) is 0 Å². The number of nitrogens with zero attached hydrogens (tertiary/aromatic N) is 1. The van der Waals surface area contributed by atoms with Crippen LogP contribution in [0.4, 0.5) is 4.39 Å². The molecule has 0 aliphatic carbocycles. The van der Waals surface area contributed by atoms with E-state index in [4.69, 9.17) is 0 Å². The second-order valence-corrected chi connectivity index (χ2v) is 5.63. The lowest BCUT2D eigenvalue weighted by Crippen LogP contribution is -3.03. The summed E-state index contributed by atoms with van der Waals surface area (Å²) in [6.07, 6.45) is 4.92. The van der Waals surface area contributed by atoms with Crippen LogP contribution >= 0.6 is 0 Å². The van der Waals surface area contributed by atoms with Crippen molar-refractivity contribution in [2.75, 3.05) is 19.1 Å². The molecule has 13 heavy (non-hydrogen) atoms. The van der Waals surface area contributed by atoms with Gasteiger partial charge in [0.05, 0.1) is 0 Å². The largest absolute Gasteiger partial charge is 0.629 e. The first-order chi connectivity index (χ1) is 5.87. The van der Waals surface area contributed by atoms with Crippen LogP contribution in [-0.2, 0) is 9.73 Å². The number of rotatable bonds is 1. The van der Waals surface area contributed by atoms with Crippen molar-refractivity contribution in [3.63, 3.8) is 0 Å². The molecule has 1 aliphatic rings. The highest BCUT2D eigenvalue weighted by Crippen LogP contribution is 2.07. The Bertz CT molecular complexity index is 372. The van der Waals surface area contributed by atoms with Crippen LogP contribution in [0.2, 0.25) is 0 Å². The molecular weight excluding hydrogens is 195 g/mol. The summed E-state index contributed by atoms with van der Waals surface area (Å²) < 4.78 is 27.6. The van der Waals surface area contributed by atoms with E-state index in [0.29, 0.717) is 0 Å².